The Morgan fingerprint density at radius 1 is 1.00 bits per heavy atom. The smallest absolute Gasteiger partial charge is 0.300 e. The van der Waals surface area contributed by atoms with Crippen LogP contribution in [0, 0.1) is 28.6 Å². The van der Waals surface area contributed by atoms with Crippen LogP contribution in [0.1, 0.15) is 79.1 Å². The van der Waals surface area contributed by atoms with E-state index in [1.54, 1.807) is 6.92 Å². The van der Waals surface area contributed by atoms with Crippen molar-refractivity contribution in [1.82, 2.24) is 0 Å². The Hall–Kier alpha value is -1.49. The molecule has 0 aliphatic heterocycles. The molecule has 0 amide bonds. The summed E-state index contributed by atoms with van der Waals surface area (Å²) in [6, 6.07) is 0. The Morgan fingerprint density at radius 2 is 1.61 bits per heavy atom. The van der Waals surface area contributed by atoms with Gasteiger partial charge in [0.1, 0.15) is 5.60 Å². The minimum atomic E-state index is -1.12. The van der Waals surface area contributed by atoms with Gasteiger partial charge in [0.05, 0.1) is 0 Å². The summed E-state index contributed by atoms with van der Waals surface area (Å²) >= 11 is 0. The third-order valence-corrected chi connectivity index (χ3v) is 8.70. The number of rotatable bonds is 1. The maximum atomic E-state index is 12.2. The largest absolute Gasteiger partial charge is 0.481 e. The Bertz CT molecular complexity index is 721. The molecule has 0 aromatic heterocycles. The molecule has 0 radical (unpaired) electrons. The van der Waals surface area contributed by atoms with Gasteiger partial charge in [-0.1, -0.05) is 19.4 Å². The highest BCUT2D eigenvalue weighted by Gasteiger charge is 2.65. The molecule has 0 heterocycles. The number of carboxylic acid groups (broad SMARTS) is 1. The zero-order valence-corrected chi connectivity index (χ0v) is 17.6. The van der Waals surface area contributed by atoms with Crippen molar-refractivity contribution in [3.63, 3.8) is 0 Å². The van der Waals surface area contributed by atoms with Crippen LogP contribution < -0.4 is 0 Å². The predicted molar refractivity (Wildman–Crippen MR) is 106 cm³/mol. The van der Waals surface area contributed by atoms with Gasteiger partial charge in [-0.25, -0.2) is 0 Å². The highest BCUT2D eigenvalue weighted by molar-refractivity contribution is 5.91. The van der Waals surface area contributed by atoms with E-state index in [1.165, 1.54) is 5.57 Å². The number of carbonyl (C=O) groups is 3. The van der Waals surface area contributed by atoms with Crippen LogP contribution in [-0.2, 0) is 14.4 Å². The number of Topliss-reactive ketones (excluding diaryl/α,β-unsaturated/α-hetero) is 1. The molecule has 5 nitrogen and oxygen atoms in total. The van der Waals surface area contributed by atoms with Gasteiger partial charge in [-0.05, 0) is 81.1 Å². The Morgan fingerprint density at radius 3 is 2.21 bits per heavy atom. The van der Waals surface area contributed by atoms with E-state index in [1.807, 2.05) is 6.08 Å². The van der Waals surface area contributed by atoms with Crippen molar-refractivity contribution < 1.29 is 24.6 Å². The molecule has 2 N–H and O–H groups in total. The van der Waals surface area contributed by atoms with Crippen LogP contribution in [0.3, 0.4) is 0 Å². The first-order valence-corrected chi connectivity index (χ1v) is 10.6. The van der Waals surface area contributed by atoms with E-state index in [0.29, 0.717) is 36.4 Å². The summed E-state index contributed by atoms with van der Waals surface area (Å²) in [5.74, 6) is 1.07. The summed E-state index contributed by atoms with van der Waals surface area (Å²) in [5, 5.41) is 18.6. The lowest BCUT2D eigenvalue weighted by Crippen LogP contribution is -2.57. The van der Waals surface area contributed by atoms with E-state index in [9.17, 15) is 14.7 Å². The number of carboxylic acids is 1. The molecule has 6 atom stereocenters. The van der Waals surface area contributed by atoms with Crippen molar-refractivity contribution in [2.75, 3.05) is 0 Å². The molecule has 4 rings (SSSR count). The molecule has 3 fully saturated rings. The fourth-order valence-electron chi connectivity index (χ4n) is 7.15. The fourth-order valence-corrected chi connectivity index (χ4v) is 7.15. The van der Waals surface area contributed by atoms with E-state index in [0.717, 1.165) is 45.4 Å². The zero-order chi connectivity index (χ0) is 20.9. The van der Waals surface area contributed by atoms with Crippen LogP contribution >= 0.6 is 0 Å². The Balaban J connectivity index is 0.000000516. The highest BCUT2D eigenvalue weighted by atomic mass is 16.4. The van der Waals surface area contributed by atoms with Crippen LogP contribution in [0.25, 0.3) is 0 Å². The molecular formula is C23H34O5. The lowest BCUT2D eigenvalue weighted by Gasteiger charge is -2.58. The fraction of sp³-hybridized carbons (Fsp3) is 0.783. The summed E-state index contributed by atoms with van der Waals surface area (Å²) in [4.78, 5) is 33.1. The van der Waals surface area contributed by atoms with Crippen molar-refractivity contribution in [3.8, 4) is 0 Å². The van der Waals surface area contributed by atoms with Gasteiger partial charge < -0.3 is 10.2 Å². The minimum absolute atomic E-state index is 0.0446. The molecule has 0 spiro atoms. The van der Waals surface area contributed by atoms with Crippen molar-refractivity contribution in [3.05, 3.63) is 11.6 Å². The molecule has 156 valence electrons. The summed E-state index contributed by atoms with van der Waals surface area (Å²) < 4.78 is 0. The zero-order valence-electron chi connectivity index (χ0n) is 17.6. The normalized spacial score (nSPS) is 44.2. The molecule has 4 aliphatic carbocycles. The van der Waals surface area contributed by atoms with Gasteiger partial charge in [0, 0.05) is 18.8 Å². The summed E-state index contributed by atoms with van der Waals surface area (Å²) in [6.07, 6.45) is 9.37. The van der Waals surface area contributed by atoms with Crippen molar-refractivity contribution in [1.29, 1.82) is 0 Å². The molecule has 0 aromatic carbocycles. The van der Waals surface area contributed by atoms with E-state index in [-0.39, 0.29) is 16.6 Å². The molecule has 0 unspecified atom stereocenters. The van der Waals surface area contributed by atoms with Crippen LogP contribution in [-0.4, -0.2) is 33.3 Å². The molecule has 28 heavy (non-hydrogen) atoms. The SMILES string of the molecule is CC(=O)O.CC(=O)[C@@]1(O)CC[C@H]2[C@@H]3CCC4=CC(=O)CC[C@]4(C)[C@H]3CC[C@@]21C. The standard InChI is InChI=1S/C21H30O3.C2H4O2/c1-13(22)21(24)11-8-18-16-5-4-14-12-15(23)6-9-19(14,2)17(16)7-10-20(18,21)3;1-2(3)4/h12,16-18,24H,4-11H2,1-3H3;1H3,(H,3,4)/t16-,17+,18+,19+,20+,21+;/m1./s1. The number of aliphatic carboxylic acids is 1. The number of hydrogen-bond donors (Lipinski definition) is 2. The first-order valence-electron chi connectivity index (χ1n) is 10.6. The van der Waals surface area contributed by atoms with E-state index in [4.69, 9.17) is 9.90 Å². The maximum absolute atomic E-state index is 12.2. The summed E-state index contributed by atoms with van der Waals surface area (Å²) in [7, 11) is 0. The topological polar surface area (TPSA) is 91.7 Å². The van der Waals surface area contributed by atoms with Gasteiger partial charge in [0.15, 0.2) is 11.6 Å². The monoisotopic (exact) mass is 390 g/mol. The Kier molecular flexibility index (Phi) is 5.37. The van der Waals surface area contributed by atoms with Gasteiger partial charge in [-0.2, -0.15) is 0 Å². The first-order chi connectivity index (χ1) is 13.0. The molecule has 3 saturated carbocycles. The van der Waals surface area contributed by atoms with Gasteiger partial charge in [-0.3, -0.25) is 14.4 Å². The van der Waals surface area contributed by atoms with Crippen molar-refractivity contribution in [2.45, 2.75) is 84.7 Å². The van der Waals surface area contributed by atoms with Crippen LogP contribution in [0.15, 0.2) is 11.6 Å². The number of aliphatic hydroxyl groups is 1. The summed E-state index contributed by atoms with van der Waals surface area (Å²) in [6.45, 7) is 7.19. The Labute approximate surface area is 167 Å². The molecular weight excluding hydrogens is 356 g/mol. The predicted octanol–water partition coefficient (Wildman–Crippen LogP) is 3.93. The summed E-state index contributed by atoms with van der Waals surface area (Å²) in [5.41, 5.74) is 0.155. The molecule has 0 bridgehead atoms. The number of allylic oxidation sites excluding steroid dienone is 1. The van der Waals surface area contributed by atoms with Crippen LogP contribution in [0.4, 0.5) is 0 Å². The second-order valence-corrected chi connectivity index (χ2v) is 9.90. The van der Waals surface area contributed by atoms with E-state index >= 15 is 0 Å². The number of ketones is 2. The average molecular weight is 391 g/mol. The second-order valence-electron chi connectivity index (χ2n) is 9.90. The van der Waals surface area contributed by atoms with Gasteiger partial charge >= 0.3 is 0 Å². The van der Waals surface area contributed by atoms with Crippen molar-refractivity contribution >= 4 is 17.5 Å². The molecule has 0 aromatic rings. The highest BCUT2D eigenvalue weighted by Crippen LogP contribution is 2.67. The average Bonchev–Trinajstić information content (AvgIpc) is 2.88. The molecule has 0 saturated heterocycles. The number of hydrogen-bond acceptors (Lipinski definition) is 4. The number of carbonyl (C=O) groups excluding carboxylic acids is 2. The minimum Gasteiger partial charge on any atom is -0.481 e. The molecule has 4 aliphatic rings. The second kappa shape index (κ2) is 7.08. The maximum Gasteiger partial charge on any atom is 0.300 e. The first kappa shape index (κ1) is 21.2. The van der Waals surface area contributed by atoms with Gasteiger partial charge in [-0.15, -0.1) is 0 Å². The van der Waals surface area contributed by atoms with E-state index in [2.05, 4.69) is 13.8 Å². The van der Waals surface area contributed by atoms with Crippen LogP contribution in [0.2, 0.25) is 0 Å². The third kappa shape index (κ3) is 3.06. The van der Waals surface area contributed by atoms with Gasteiger partial charge in [0.2, 0.25) is 0 Å². The molecule has 5 heteroatoms. The third-order valence-electron chi connectivity index (χ3n) is 8.70. The lowest BCUT2D eigenvalue weighted by molar-refractivity contribution is -0.160. The van der Waals surface area contributed by atoms with Gasteiger partial charge in [0.25, 0.3) is 5.97 Å². The quantitative estimate of drug-likeness (QED) is 0.708. The van der Waals surface area contributed by atoms with Crippen molar-refractivity contribution in [2.24, 2.45) is 28.6 Å². The lowest BCUT2D eigenvalue weighted by atomic mass is 9.46. The van der Waals surface area contributed by atoms with E-state index < -0.39 is 11.6 Å². The van der Waals surface area contributed by atoms with Crippen LogP contribution in [0.5, 0.6) is 0 Å². The number of fused-ring (bicyclic) bond motifs is 5.